The molecule has 5 N–H and O–H groups in total. The highest BCUT2D eigenvalue weighted by molar-refractivity contribution is 7.81. The van der Waals surface area contributed by atoms with Crippen molar-refractivity contribution in [2.45, 2.75) is 142 Å². The highest BCUT2D eigenvalue weighted by Crippen LogP contribution is 2.67. The summed E-state index contributed by atoms with van der Waals surface area (Å²) in [5, 5.41) is 21.0. The van der Waals surface area contributed by atoms with Crippen molar-refractivity contribution in [3.8, 4) is 0 Å². The number of rotatable bonds is 13. The molecule has 19 heteroatoms. The minimum absolute atomic E-state index is 0.00462. The Morgan fingerprint density at radius 2 is 1.54 bits per heavy atom. The predicted molar refractivity (Wildman–Crippen MR) is 184 cm³/mol. The SMILES string of the molecule is CC(C)[C@H](CC[C@@H](C)[C@H]1CC[C@H]2[C@@H]3C[C@H](O[C@H]4O[C@H](O)[C@H](O)[C@@H](C)[C@@H]4OS(=O)(=O)O)[C@H]4C[C@@H](OS(=O)(=O)O)CC[C@]4(C)C3=CC[C@]12C)OS(=O)(=O)O. The summed E-state index contributed by atoms with van der Waals surface area (Å²) in [5.41, 5.74) is 0.572. The summed E-state index contributed by atoms with van der Waals surface area (Å²) in [5.74, 6) is -0.887. The predicted octanol–water partition coefficient (Wildman–Crippen LogP) is 3.87. The van der Waals surface area contributed by atoms with Crippen LogP contribution in [0.1, 0.15) is 99.3 Å². The first kappa shape index (κ1) is 42.3. The third-order valence-electron chi connectivity index (χ3n) is 13.3. The Bertz CT molecular complexity index is 1650. The van der Waals surface area contributed by atoms with Crippen LogP contribution in [0.25, 0.3) is 0 Å². The van der Waals surface area contributed by atoms with E-state index < -0.39 is 91.5 Å². The monoisotopic (exact) mass is 804 g/mol. The zero-order valence-electron chi connectivity index (χ0n) is 30.5. The van der Waals surface area contributed by atoms with Gasteiger partial charge in [0.1, 0.15) is 12.2 Å². The molecule has 4 fully saturated rings. The van der Waals surface area contributed by atoms with Gasteiger partial charge >= 0.3 is 31.2 Å². The zero-order valence-corrected chi connectivity index (χ0v) is 32.9. The molecule has 1 saturated heterocycles. The summed E-state index contributed by atoms with van der Waals surface area (Å²) in [6, 6.07) is 0. The lowest BCUT2D eigenvalue weighted by molar-refractivity contribution is -0.342. The number of ether oxygens (including phenoxy) is 2. The van der Waals surface area contributed by atoms with Gasteiger partial charge in [-0.3, -0.25) is 13.7 Å². The third-order valence-corrected chi connectivity index (χ3v) is 14.8. The molecule has 1 aliphatic heterocycles. The topological polar surface area (TPSA) is 250 Å². The smallest absolute Gasteiger partial charge is 0.387 e. The van der Waals surface area contributed by atoms with Crippen molar-refractivity contribution in [3.63, 3.8) is 0 Å². The van der Waals surface area contributed by atoms with Gasteiger partial charge in [-0.05, 0) is 104 Å². The Morgan fingerprint density at radius 3 is 2.13 bits per heavy atom. The van der Waals surface area contributed by atoms with Crippen LogP contribution in [0.4, 0.5) is 0 Å². The van der Waals surface area contributed by atoms with E-state index in [1.165, 1.54) is 12.5 Å². The summed E-state index contributed by atoms with van der Waals surface area (Å²) in [4.78, 5) is 0. The van der Waals surface area contributed by atoms with Crippen LogP contribution in [0.3, 0.4) is 0 Å². The van der Waals surface area contributed by atoms with E-state index in [9.17, 15) is 49.1 Å². The Kier molecular flexibility index (Phi) is 12.4. The minimum Gasteiger partial charge on any atom is -0.387 e. The summed E-state index contributed by atoms with van der Waals surface area (Å²) in [7, 11) is -14.4. The molecular formula is C33H56O16S3. The molecule has 0 aromatic carbocycles. The van der Waals surface area contributed by atoms with Crippen LogP contribution in [0, 0.1) is 52.3 Å². The lowest BCUT2D eigenvalue weighted by Crippen LogP contribution is -2.59. The van der Waals surface area contributed by atoms with Crippen molar-refractivity contribution in [2.24, 2.45) is 52.3 Å². The number of hydrogen-bond acceptors (Lipinski definition) is 13. The van der Waals surface area contributed by atoms with Crippen molar-refractivity contribution >= 4 is 31.2 Å². The van der Waals surface area contributed by atoms with Gasteiger partial charge in [0.05, 0.1) is 18.3 Å². The molecule has 1 heterocycles. The molecule has 3 saturated carbocycles. The van der Waals surface area contributed by atoms with Crippen LogP contribution in [-0.4, -0.2) is 92.2 Å². The van der Waals surface area contributed by atoms with Crippen LogP contribution in [0.5, 0.6) is 0 Å². The molecule has 5 rings (SSSR count). The maximum atomic E-state index is 11.9. The number of fused-ring (bicyclic) bond motifs is 5. The van der Waals surface area contributed by atoms with Gasteiger partial charge in [-0.15, -0.1) is 0 Å². The lowest BCUT2D eigenvalue weighted by atomic mass is 9.47. The highest BCUT2D eigenvalue weighted by atomic mass is 32.3. The molecule has 0 radical (unpaired) electrons. The molecule has 52 heavy (non-hydrogen) atoms. The Morgan fingerprint density at radius 1 is 0.885 bits per heavy atom. The van der Waals surface area contributed by atoms with Crippen molar-refractivity contribution < 1.29 is 71.1 Å². The molecule has 0 spiro atoms. The summed E-state index contributed by atoms with van der Waals surface area (Å²) < 4.78 is 126. The first-order valence-corrected chi connectivity index (χ1v) is 22.3. The summed E-state index contributed by atoms with van der Waals surface area (Å²) in [6.07, 6.45) is -1.08. The van der Waals surface area contributed by atoms with E-state index in [1.807, 2.05) is 13.8 Å². The highest BCUT2D eigenvalue weighted by Gasteiger charge is 2.61. The van der Waals surface area contributed by atoms with Crippen molar-refractivity contribution in [3.05, 3.63) is 11.6 Å². The van der Waals surface area contributed by atoms with E-state index in [0.717, 1.165) is 19.3 Å². The van der Waals surface area contributed by atoms with E-state index in [0.29, 0.717) is 32.1 Å². The van der Waals surface area contributed by atoms with Crippen LogP contribution < -0.4 is 0 Å². The minimum atomic E-state index is -5.04. The van der Waals surface area contributed by atoms with E-state index in [4.69, 9.17) is 22.0 Å². The molecule has 0 aromatic rings. The van der Waals surface area contributed by atoms with Crippen LogP contribution >= 0.6 is 0 Å². The van der Waals surface area contributed by atoms with E-state index in [2.05, 4.69) is 26.8 Å². The van der Waals surface area contributed by atoms with Gasteiger partial charge in [0, 0.05) is 5.92 Å². The molecule has 4 aliphatic carbocycles. The first-order valence-electron chi connectivity index (χ1n) is 18.2. The lowest BCUT2D eigenvalue weighted by Gasteiger charge is -2.59. The Hall–Kier alpha value is -0.810. The fraction of sp³-hybridized carbons (Fsp3) is 0.939. The van der Waals surface area contributed by atoms with Crippen LogP contribution in [0.2, 0.25) is 0 Å². The maximum absolute atomic E-state index is 11.9. The second-order valence-electron chi connectivity index (χ2n) is 16.7. The first-order chi connectivity index (χ1) is 23.8. The summed E-state index contributed by atoms with van der Waals surface area (Å²) in [6.45, 7) is 11.7. The normalized spacial score (nSPS) is 42.5. The van der Waals surface area contributed by atoms with Crippen LogP contribution in [0.15, 0.2) is 11.6 Å². The molecule has 0 unspecified atom stereocenters. The molecule has 0 aromatic heterocycles. The van der Waals surface area contributed by atoms with Gasteiger partial charge in [-0.25, -0.2) is 12.5 Å². The average molecular weight is 805 g/mol. The van der Waals surface area contributed by atoms with Crippen LogP contribution in [-0.2, 0) is 53.2 Å². The van der Waals surface area contributed by atoms with Crippen molar-refractivity contribution in [2.75, 3.05) is 0 Å². The molecule has 16 nitrogen and oxygen atoms in total. The largest absolute Gasteiger partial charge is 0.397 e. The third kappa shape index (κ3) is 9.08. The van der Waals surface area contributed by atoms with Gasteiger partial charge < -0.3 is 19.7 Å². The molecular weight excluding hydrogens is 749 g/mol. The molecule has 15 atom stereocenters. The molecule has 302 valence electrons. The van der Waals surface area contributed by atoms with Gasteiger partial charge in [-0.1, -0.05) is 53.2 Å². The van der Waals surface area contributed by atoms with Gasteiger partial charge in [-0.2, -0.15) is 25.3 Å². The number of aliphatic hydroxyl groups excluding tert-OH is 2. The zero-order chi connectivity index (χ0) is 38.8. The Balaban J connectivity index is 1.45. The summed E-state index contributed by atoms with van der Waals surface area (Å²) >= 11 is 0. The van der Waals surface area contributed by atoms with E-state index in [1.54, 1.807) is 0 Å². The quantitative estimate of drug-likeness (QED) is 0.131. The van der Waals surface area contributed by atoms with Crippen molar-refractivity contribution in [1.29, 1.82) is 0 Å². The van der Waals surface area contributed by atoms with Gasteiger partial charge in [0.15, 0.2) is 12.6 Å². The van der Waals surface area contributed by atoms with Crippen molar-refractivity contribution in [1.82, 2.24) is 0 Å². The fourth-order valence-electron chi connectivity index (χ4n) is 10.7. The number of aliphatic hydroxyl groups is 2. The molecule has 5 aliphatic rings. The second kappa shape index (κ2) is 15.3. The van der Waals surface area contributed by atoms with E-state index in [-0.39, 0.29) is 41.4 Å². The second-order valence-corrected chi connectivity index (χ2v) is 19.9. The average Bonchev–Trinajstić information content (AvgIpc) is 3.36. The number of hydrogen-bond donors (Lipinski definition) is 5. The Labute approximate surface area is 307 Å². The fourth-order valence-corrected chi connectivity index (χ4v) is 12.4. The van der Waals surface area contributed by atoms with E-state index >= 15 is 0 Å². The molecule has 0 amide bonds. The van der Waals surface area contributed by atoms with Gasteiger partial charge in [0.2, 0.25) is 0 Å². The number of allylic oxidation sites excluding steroid dienone is 2. The maximum Gasteiger partial charge on any atom is 0.397 e. The van der Waals surface area contributed by atoms with Gasteiger partial charge in [0.25, 0.3) is 0 Å². The molecule has 0 bridgehead atoms. The standard InChI is InChI=1S/C33H56O16S3/c1-17(2)26(48-51(39,40)41)10-7-18(3)22-8-9-23-21-16-27(45-31-29(49-52(42,43)44)19(4)28(34)30(35)46-31)25-15-20(47-50(36,37)38)11-13-33(25,6)24(21)12-14-32(22,23)5/h12,17-23,25-31,34-35H,7-11,13-16H2,1-6H3,(H,36,37,38)(H,39,40,41)(H,42,43,44)/t18-,19-,20+,21+,22-,23+,25-,26+,27+,28-,29+,30+,31+,32-,33-/m1/s1.